The summed E-state index contributed by atoms with van der Waals surface area (Å²) < 4.78 is 5.36. The molecule has 0 radical (unpaired) electrons. The van der Waals surface area contributed by atoms with Crippen LogP contribution in [0.1, 0.15) is 22.8 Å². The van der Waals surface area contributed by atoms with E-state index in [2.05, 4.69) is 10.6 Å². The highest BCUT2D eigenvalue weighted by Crippen LogP contribution is 2.17. The van der Waals surface area contributed by atoms with Gasteiger partial charge in [-0.25, -0.2) is 4.79 Å². The third-order valence-electron chi connectivity index (χ3n) is 3.92. The van der Waals surface area contributed by atoms with Crippen molar-refractivity contribution in [1.29, 1.82) is 0 Å². The summed E-state index contributed by atoms with van der Waals surface area (Å²) >= 11 is 0. The van der Waals surface area contributed by atoms with Crippen molar-refractivity contribution in [1.82, 2.24) is 10.2 Å². The predicted octanol–water partition coefficient (Wildman–Crippen LogP) is 2.39. The van der Waals surface area contributed by atoms with E-state index in [1.807, 2.05) is 6.92 Å². The van der Waals surface area contributed by atoms with Crippen molar-refractivity contribution in [3.8, 4) is 5.75 Å². The summed E-state index contributed by atoms with van der Waals surface area (Å²) in [6.45, 7) is 2.71. The van der Waals surface area contributed by atoms with E-state index in [1.165, 1.54) is 0 Å². The summed E-state index contributed by atoms with van der Waals surface area (Å²) in [6, 6.07) is 13.5. The van der Waals surface area contributed by atoms with Crippen molar-refractivity contribution in [2.45, 2.75) is 13.5 Å². The van der Waals surface area contributed by atoms with Crippen molar-refractivity contribution < 1.29 is 19.1 Å². The predicted molar refractivity (Wildman–Crippen MR) is 96.0 cm³/mol. The van der Waals surface area contributed by atoms with Gasteiger partial charge in [0.25, 0.3) is 5.91 Å². The topological polar surface area (TPSA) is 87.7 Å². The van der Waals surface area contributed by atoms with Crippen LogP contribution in [0, 0.1) is 0 Å². The zero-order chi connectivity index (χ0) is 18.5. The van der Waals surface area contributed by atoms with E-state index in [4.69, 9.17) is 4.74 Å². The van der Waals surface area contributed by atoms with E-state index in [-0.39, 0.29) is 24.9 Å². The molecule has 134 valence electrons. The molecular formula is C19H19N3O4. The van der Waals surface area contributed by atoms with Crippen LogP contribution in [0.25, 0.3) is 0 Å². The molecule has 1 aliphatic heterocycles. The Morgan fingerprint density at radius 1 is 1.12 bits per heavy atom. The van der Waals surface area contributed by atoms with Crippen LogP contribution in [0.5, 0.6) is 5.75 Å². The molecule has 2 aromatic carbocycles. The molecule has 2 aromatic rings. The lowest BCUT2D eigenvalue weighted by molar-refractivity contribution is -0.125. The molecule has 0 aliphatic carbocycles. The quantitative estimate of drug-likeness (QED) is 0.781. The average Bonchev–Trinajstić information content (AvgIpc) is 2.96. The van der Waals surface area contributed by atoms with Gasteiger partial charge >= 0.3 is 6.03 Å². The Balaban J connectivity index is 1.61. The first kappa shape index (κ1) is 17.5. The van der Waals surface area contributed by atoms with Gasteiger partial charge in [0.1, 0.15) is 5.75 Å². The van der Waals surface area contributed by atoms with Crippen LogP contribution >= 0.6 is 0 Å². The zero-order valence-corrected chi connectivity index (χ0v) is 14.3. The zero-order valence-electron chi connectivity index (χ0n) is 14.3. The standard InChI is InChI=1S/C19H19N3O4/c1-2-26-16-9-7-15(8-10-16)21-18(24)14-5-3-13(4-6-14)12-22-17(23)11-20-19(22)25/h3-10H,2,11-12H2,1H3,(H,20,25)(H,21,24). The van der Waals surface area contributed by atoms with Crippen molar-refractivity contribution in [2.75, 3.05) is 18.5 Å². The SMILES string of the molecule is CCOc1ccc(NC(=O)c2ccc(CN3C(=O)CNC3=O)cc2)cc1. The van der Waals surface area contributed by atoms with Gasteiger partial charge in [-0.05, 0) is 48.9 Å². The van der Waals surface area contributed by atoms with Gasteiger partial charge in [-0.15, -0.1) is 0 Å². The Bertz CT molecular complexity index is 800. The highest BCUT2D eigenvalue weighted by molar-refractivity contribution is 6.04. The summed E-state index contributed by atoms with van der Waals surface area (Å²) in [7, 11) is 0. The number of imide groups is 1. The number of ether oxygens (including phenoxy) is 1. The number of anilines is 1. The van der Waals surface area contributed by atoms with Gasteiger partial charge in [-0.1, -0.05) is 12.1 Å². The first-order valence-corrected chi connectivity index (χ1v) is 8.28. The molecule has 7 nitrogen and oxygen atoms in total. The molecule has 0 spiro atoms. The Morgan fingerprint density at radius 2 is 1.81 bits per heavy atom. The number of nitrogens with one attached hydrogen (secondary N) is 2. The fraction of sp³-hybridized carbons (Fsp3) is 0.211. The third kappa shape index (κ3) is 4.00. The molecule has 0 bridgehead atoms. The first-order valence-electron chi connectivity index (χ1n) is 8.28. The van der Waals surface area contributed by atoms with Crippen LogP contribution < -0.4 is 15.4 Å². The molecule has 0 unspecified atom stereocenters. The third-order valence-corrected chi connectivity index (χ3v) is 3.92. The summed E-state index contributed by atoms with van der Waals surface area (Å²) in [5.74, 6) is 0.248. The lowest BCUT2D eigenvalue weighted by atomic mass is 10.1. The number of hydrogen-bond acceptors (Lipinski definition) is 4. The van der Waals surface area contributed by atoms with Gasteiger partial charge in [0.15, 0.2) is 0 Å². The van der Waals surface area contributed by atoms with Crippen LogP contribution in [0.4, 0.5) is 10.5 Å². The number of carbonyl (C=O) groups excluding carboxylic acids is 3. The molecule has 1 saturated heterocycles. The van der Waals surface area contributed by atoms with Crippen LogP contribution in [0.15, 0.2) is 48.5 Å². The normalized spacial score (nSPS) is 13.5. The highest BCUT2D eigenvalue weighted by Gasteiger charge is 2.28. The number of nitrogens with zero attached hydrogens (tertiary/aromatic N) is 1. The van der Waals surface area contributed by atoms with Gasteiger partial charge in [-0.3, -0.25) is 14.5 Å². The fourth-order valence-electron chi connectivity index (χ4n) is 2.56. The van der Waals surface area contributed by atoms with Crippen molar-refractivity contribution in [2.24, 2.45) is 0 Å². The molecule has 26 heavy (non-hydrogen) atoms. The molecule has 2 N–H and O–H groups in total. The highest BCUT2D eigenvalue weighted by atomic mass is 16.5. The summed E-state index contributed by atoms with van der Waals surface area (Å²) in [6.07, 6.45) is 0. The fourth-order valence-corrected chi connectivity index (χ4v) is 2.56. The largest absolute Gasteiger partial charge is 0.494 e. The van der Waals surface area contributed by atoms with Gasteiger partial charge in [-0.2, -0.15) is 0 Å². The molecule has 1 fully saturated rings. The molecular weight excluding hydrogens is 334 g/mol. The van der Waals surface area contributed by atoms with E-state index in [9.17, 15) is 14.4 Å². The van der Waals surface area contributed by atoms with Gasteiger partial charge in [0, 0.05) is 11.3 Å². The minimum absolute atomic E-state index is 0.0292. The van der Waals surface area contributed by atoms with E-state index in [0.29, 0.717) is 17.9 Å². The van der Waals surface area contributed by atoms with Crippen molar-refractivity contribution in [3.63, 3.8) is 0 Å². The maximum atomic E-state index is 12.3. The molecule has 0 aromatic heterocycles. The monoisotopic (exact) mass is 353 g/mol. The van der Waals surface area contributed by atoms with Crippen molar-refractivity contribution in [3.05, 3.63) is 59.7 Å². The van der Waals surface area contributed by atoms with Crippen molar-refractivity contribution >= 4 is 23.5 Å². The van der Waals surface area contributed by atoms with Crippen LogP contribution in [0.2, 0.25) is 0 Å². The minimum atomic E-state index is -0.396. The molecule has 4 amide bonds. The van der Waals surface area contributed by atoms with E-state index in [0.717, 1.165) is 16.2 Å². The second-order valence-corrected chi connectivity index (χ2v) is 5.75. The molecule has 1 heterocycles. The molecule has 1 aliphatic rings. The molecule has 0 saturated carbocycles. The number of rotatable bonds is 6. The Kier molecular flexibility index (Phi) is 5.17. The van der Waals surface area contributed by atoms with Crippen LogP contribution in [-0.4, -0.2) is 35.9 Å². The number of amides is 4. The Morgan fingerprint density at radius 3 is 2.38 bits per heavy atom. The second-order valence-electron chi connectivity index (χ2n) is 5.75. The number of benzene rings is 2. The first-order chi connectivity index (χ1) is 12.6. The smallest absolute Gasteiger partial charge is 0.324 e. The van der Waals surface area contributed by atoms with Gasteiger partial charge in [0.05, 0.1) is 19.7 Å². The number of hydrogen-bond donors (Lipinski definition) is 2. The molecule has 3 rings (SSSR count). The molecule has 7 heteroatoms. The van der Waals surface area contributed by atoms with Crippen LogP contribution in [0.3, 0.4) is 0 Å². The van der Waals surface area contributed by atoms with E-state index >= 15 is 0 Å². The summed E-state index contributed by atoms with van der Waals surface area (Å²) in [5.41, 5.74) is 1.93. The lowest BCUT2D eigenvalue weighted by Crippen LogP contribution is -2.30. The maximum Gasteiger partial charge on any atom is 0.324 e. The second kappa shape index (κ2) is 7.69. The average molecular weight is 353 g/mol. The van der Waals surface area contributed by atoms with Crippen LogP contribution in [-0.2, 0) is 11.3 Å². The lowest BCUT2D eigenvalue weighted by Gasteiger charge is -2.12. The summed E-state index contributed by atoms with van der Waals surface area (Å²) in [4.78, 5) is 36.6. The minimum Gasteiger partial charge on any atom is -0.494 e. The van der Waals surface area contributed by atoms with Gasteiger partial charge < -0.3 is 15.4 Å². The number of urea groups is 1. The number of carbonyl (C=O) groups is 3. The maximum absolute atomic E-state index is 12.3. The summed E-state index contributed by atoms with van der Waals surface area (Å²) in [5, 5.41) is 5.28. The van der Waals surface area contributed by atoms with E-state index in [1.54, 1.807) is 48.5 Å². The Labute approximate surface area is 150 Å². The van der Waals surface area contributed by atoms with E-state index < -0.39 is 6.03 Å². The molecule has 0 atom stereocenters. The Hall–Kier alpha value is -3.35. The van der Waals surface area contributed by atoms with Gasteiger partial charge in [0.2, 0.25) is 5.91 Å².